The van der Waals surface area contributed by atoms with Gasteiger partial charge in [0.2, 0.25) is 0 Å². The van der Waals surface area contributed by atoms with Gasteiger partial charge in [-0.25, -0.2) is 12.2 Å². The molecule has 1 unspecified atom stereocenters. The van der Waals surface area contributed by atoms with Crippen LogP contribution in [-0.2, 0) is 24.2 Å². The smallest absolute Gasteiger partial charge is 0.109 e. The fourth-order valence-corrected chi connectivity index (χ4v) is 2.54. The number of allylic oxidation sites excluding steroid dienone is 10. The molecule has 3 rings (SSSR count). The van der Waals surface area contributed by atoms with Crippen LogP contribution < -0.4 is 0 Å². The number of hydrogen-bond donors (Lipinski definition) is 0. The molecular formula is C16H19SZr-. The van der Waals surface area contributed by atoms with E-state index in [-0.39, 0.29) is 0 Å². The molecule has 0 amide bonds. The maximum absolute atomic E-state index is 2.99. The summed E-state index contributed by atoms with van der Waals surface area (Å²) in [4.78, 5) is 2.93. The van der Waals surface area contributed by atoms with Crippen LogP contribution in [0, 0.1) is 12.0 Å². The van der Waals surface area contributed by atoms with Crippen LogP contribution in [0.3, 0.4) is 0 Å². The van der Waals surface area contributed by atoms with Crippen LogP contribution in [-0.4, -0.2) is 3.21 Å². The molecule has 0 saturated heterocycles. The number of rotatable bonds is 0. The molecule has 0 N–H and O–H groups in total. The van der Waals surface area contributed by atoms with Crippen molar-refractivity contribution in [2.24, 2.45) is 5.92 Å². The Labute approximate surface area is 130 Å². The molecule has 2 aliphatic carbocycles. The first-order chi connectivity index (χ1) is 8.59. The van der Waals surface area contributed by atoms with Crippen LogP contribution in [0.4, 0.5) is 0 Å². The summed E-state index contributed by atoms with van der Waals surface area (Å²) >= 11 is 3.45. The van der Waals surface area contributed by atoms with E-state index in [4.69, 9.17) is 0 Å². The van der Waals surface area contributed by atoms with Crippen LogP contribution >= 0.6 is 11.8 Å². The molecule has 0 fully saturated rings. The van der Waals surface area contributed by atoms with Gasteiger partial charge in [0.05, 0.1) is 0 Å². The summed E-state index contributed by atoms with van der Waals surface area (Å²) in [6, 6.07) is 0. The second-order valence-electron chi connectivity index (χ2n) is 4.36. The maximum atomic E-state index is 2.99. The van der Waals surface area contributed by atoms with Crippen molar-refractivity contribution in [1.82, 2.24) is 0 Å². The summed E-state index contributed by atoms with van der Waals surface area (Å²) in [5.74, 6) is 0.634. The predicted molar refractivity (Wildman–Crippen MR) is 80.0 cm³/mol. The van der Waals surface area contributed by atoms with E-state index in [1.54, 1.807) is 24.2 Å². The van der Waals surface area contributed by atoms with Gasteiger partial charge in [-0.15, -0.1) is 6.42 Å². The van der Waals surface area contributed by atoms with E-state index >= 15 is 0 Å². The molecule has 2 heteroatoms. The summed E-state index contributed by atoms with van der Waals surface area (Å²) in [6.45, 7) is 6.41. The van der Waals surface area contributed by atoms with E-state index in [2.05, 4.69) is 57.2 Å². The monoisotopic (exact) mass is 333 g/mol. The quantitative estimate of drug-likeness (QED) is 0.576. The average molecular weight is 335 g/mol. The van der Waals surface area contributed by atoms with Crippen molar-refractivity contribution in [3.63, 3.8) is 0 Å². The van der Waals surface area contributed by atoms with Crippen LogP contribution in [0.5, 0.6) is 0 Å². The molecule has 0 aromatic rings. The van der Waals surface area contributed by atoms with E-state index < -0.39 is 0 Å². The molecule has 3 aliphatic rings. The van der Waals surface area contributed by atoms with Gasteiger partial charge in [0.1, 0.15) is 0 Å². The average Bonchev–Trinajstić information content (AvgIpc) is 2.90. The maximum Gasteiger partial charge on any atom is -0.109 e. The van der Waals surface area contributed by atoms with E-state index in [9.17, 15) is 0 Å². The van der Waals surface area contributed by atoms with Crippen molar-refractivity contribution in [2.75, 3.05) is 0 Å². The Balaban J connectivity index is 0.000000154. The summed E-state index contributed by atoms with van der Waals surface area (Å²) in [5.41, 5.74) is 0. The Morgan fingerprint density at radius 3 is 2.56 bits per heavy atom. The van der Waals surface area contributed by atoms with Gasteiger partial charge in [0.15, 0.2) is 0 Å². The van der Waals surface area contributed by atoms with E-state index in [1.807, 2.05) is 23.9 Å². The SMILES string of the molecule is CC1=CC2C=CC=C2S1.C[C](C)=[Zr].[C-]1=CC=CC1. The summed E-state index contributed by atoms with van der Waals surface area (Å²) in [5, 5.41) is 0. The first-order valence-corrected chi connectivity index (χ1v) is 8.12. The minimum Gasteiger partial charge on any atom is -0.273 e. The third-order valence-electron chi connectivity index (χ3n) is 2.19. The molecule has 0 aromatic carbocycles. The fourth-order valence-electron chi connectivity index (χ4n) is 1.53. The normalized spacial score (nSPS) is 21.3. The molecule has 0 bridgehead atoms. The van der Waals surface area contributed by atoms with E-state index in [1.165, 1.54) is 13.0 Å². The van der Waals surface area contributed by atoms with Crippen molar-refractivity contribution >= 4 is 15.0 Å². The third-order valence-corrected chi connectivity index (χ3v) is 3.29. The molecule has 1 heterocycles. The zero-order chi connectivity index (χ0) is 13.4. The Morgan fingerprint density at radius 2 is 2.11 bits per heavy atom. The van der Waals surface area contributed by atoms with Gasteiger partial charge >= 0.3 is 41.3 Å². The number of fused-ring (bicyclic) bond motifs is 1. The van der Waals surface area contributed by atoms with Gasteiger partial charge in [-0.05, 0) is 11.8 Å². The standard InChI is InChI=1S/C8H8S.C5H5.C3H6.Zr/c1-6-5-7-3-2-4-8(7)9-6;1-2-4-5-3-1;1-3-2;/h2-5,7H,1H3;1-3H,4H2;1-2H3;/q;-1;;. The van der Waals surface area contributed by atoms with E-state index in [0.717, 1.165) is 6.42 Å². The van der Waals surface area contributed by atoms with Gasteiger partial charge in [-0.3, -0.25) is 6.08 Å². The summed E-state index contributed by atoms with van der Waals surface area (Å²) in [7, 11) is 0. The van der Waals surface area contributed by atoms with Gasteiger partial charge in [-0.1, -0.05) is 36.1 Å². The third kappa shape index (κ3) is 6.66. The Bertz CT molecular complexity index is 422. The Morgan fingerprint density at radius 1 is 1.39 bits per heavy atom. The topological polar surface area (TPSA) is 0 Å². The van der Waals surface area contributed by atoms with Crippen molar-refractivity contribution in [1.29, 1.82) is 0 Å². The van der Waals surface area contributed by atoms with Crippen molar-refractivity contribution in [3.8, 4) is 0 Å². The predicted octanol–water partition coefficient (Wildman–Crippen LogP) is 4.76. The van der Waals surface area contributed by atoms with Crippen molar-refractivity contribution < 1.29 is 24.2 Å². The molecule has 1 atom stereocenters. The second-order valence-corrected chi connectivity index (χ2v) is 8.14. The molecule has 0 aromatic heterocycles. The summed E-state index contributed by atoms with van der Waals surface area (Å²) < 4.78 is 1.51. The molecular weight excluding hydrogens is 315 g/mol. The van der Waals surface area contributed by atoms with Crippen molar-refractivity contribution in [2.45, 2.75) is 27.2 Å². The molecule has 1 aliphatic heterocycles. The molecule has 0 radical (unpaired) electrons. The fraction of sp³-hybridized carbons (Fsp3) is 0.312. The zero-order valence-corrected chi connectivity index (χ0v) is 14.5. The zero-order valence-electron chi connectivity index (χ0n) is 11.2. The molecule has 94 valence electrons. The molecule has 18 heavy (non-hydrogen) atoms. The summed E-state index contributed by atoms with van der Waals surface area (Å²) in [6.07, 6.45) is 18.9. The van der Waals surface area contributed by atoms with Crippen LogP contribution in [0.15, 0.2) is 52.3 Å². The molecule has 0 saturated carbocycles. The van der Waals surface area contributed by atoms with Gasteiger partial charge in [-0.2, -0.15) is 6.08 Å². The van der Waals surface area contributed by atoms with Crippen molar-refractivity contribution in [3.05, 3.63) is 58.4 Å². The van der Waals surface area contributed by atoms with Gasteiger partial charge < -0.3 is 0 Å². The molecule has 0 spiro atoms. The Hall–Kier alpha value is -0.197. The van der Waals surface area contributed by atoms with E-state index in [0.29, 0.717) is 5.92 Å². The van der Waals surface area contributed by atoms with Gasteiger partial charge in [0, 0.05) is 10.8 Å². The first-order valence-electron chi connectivity index (χ1n) is 6.07. The first kappa shape index (κ1) is 15.9. The van der Waals surface area contributed by atoms with Crippen LogP contribution in [0.2, 0.25) is 0 Å². The number of thioether (sulfide) groups is 1. The van der Waals surface area contributed by atoms with Crippen LogP contribution in [0.1, 0.15) is 27.2 Å². The minimum absolute atomic E-state index is 0.634. The second kappa shape index (κ2) is 8.83. The largest absolute Gasteiger partial charge is 0.273 e. The minimum atomic E-state index is 0.634. The molecule has 0 nitrogen and oxygen atoms in total. The Kier molecular flexibility index (Phi) is 7.78. The number of hydrogen-bond acceptors (Lipinski definition) is 1. The van der Waals surface area contributed by atoms with Crippen LogP contribution in [0.25, 0.3) is 0 Å². The van der Waals surface area contributed by atoms with Gasteiger partial charge in [0.25, 0.3) is 0 Å².